The molecule has 108 valence electrons. The summed E-state index contributed by atoms with van der Waals surface area (Å²) in [5, 5.41) is 3.39. The van der Waals surface area contributed by atoms with E-state index in [1.807, 2.05) is 12.1 Å². The third-order valence-electron chi connectivity index (χ3n) is 3.68. The summed E-state index contributed by atoms with van der Waals surface area (Å²) in [5.74, 6) is 6.67. The minimum absolute atomic E-state index is 0.0979. The van der Waals surface area contributed by atoms with Crippen LogP contribution in [-0.2, 0) is 6.42 Å². The number of nitrogens with two attached hydrogens (primary N) is 1. The zero-order valence-electron chi connectivity index (χ0n) is 11.9. The molecule has 0 saturated carbocycles. The molecular weight excluding hydrogens is 280 g/mol. The van der Waals surface area contributed by atoms with Gasteiger partial charge in [-0.25, -0.2) is 0 Å². The van der Waals surface area contributed by atoms with Gasteiger partial charge in [0.15, 0.2) is 0 Å². The lowest BCUT2D eigenvalue weighted by Crippen LogP contribution is -2.29. The van der Waals surface area contributed by atoms with Crippen molar-refractivity contribution in [1.82, 2.24) is 5.43 Å². The molecule has 0 bridgehead atoms. The van der Waals surface area contributed by atoms with Gasteiger partial charge in [0.2, 0.25) is 0 Å². The Labute approximate surface area is 128 Å². The highest BCUT2D eigenvalue weighted by Crippen LogP contribution is 2.30. The molecule has 0 spiro atoms. The zero-order chi connectivity index (χ0) is 14.7. The standard InChI is InChI=1S/C17H18N2OS/c1-20-14-7-5-12(6-8-14)11-16(19-18)15-4-2-3-13-9-10-21-17(13)15/h2-10,16,19H,11,18H2,1H3. The van der Waals surface area contributed by atoms with Gasteiger partial charge in [0, 0.05) is 4.70 Å². The molecule has 3 nitrogen and oxygen atoms in total. The van der Waals surface area contributed by atoms with Crippen LogP contribution in [0.15, 0.2) is 53.9 Å². The van der Waals surface area contributed by atoms with Gasteiger partial charge in [-0.1, -0.05) is 30.3 Å². The van der Waals surface area contributed by atoms with Crippen LogP contribution in [0.4, 0.5) is 0 Å². The maximum absolute atomic E-state index is 5.80. The number of hydrazine groups is 1. The van der Waals surface area contributed by atoms with E-state index in [1.54, 1.807) is 18.4 Å². The number of methoxy groups -OCH3 is 1. The Balaban J connectivity index is 1.89. The summed E-state index contributed by atoms with van der Waals surface area (Å²) >= 11 is 1.76. The van der Waals surface area contributed by atoms with E-state index < -0.39 is 0 Å². The van der Waals surface area contributed by atoms with Crippen molar-refractivity contribution in [1.29, 1.82) is 0 Å². The Morgan fingerprint density at radius 3 is 2.67 bits per heavy atom. The van der Waals surface area contributed by atoms with Crippen LogP contribution in [0, 0.1) is 0 Å². The van der Waals surface area contributed by atoms with Crippen LogP contribution in [0.1, 0.15) is 17.2 Å². The smallest absolute Gasteiger partial charge is 0.118 e. The average Bonchev–Trinajstić information content (AvgIpc) is 3.02. The number of rotatable bonds is 5. The van der Waals surface area contributed by atoms with Gasteiger partial charge in [-0.05, 0) is 46.5 Å². The van der Waals surface area contributed by atoms with Crippen molar-refractivity contribution >= 4 is 21.4 Å². The molecule has 0 saturated heterocycles. The second-order valence-corrected chi connectivity index (χ2v) is 5.87. The maximum Gasteiger partial charge on any atom is 0.118 e. The Morgan fingerprint density at radius 2 is 1.95 bits per heavy atom. The van der Waals surface area contributed by atoms with E-state index in [1.165, 1.54) is 21.2 Å². The van der Waals surface area contributed by atoms with Crippen LogP contribution in [0.2, 0.25) is 0 Å². The van der Waals surface area contributed by atoms with Crippen LogP contribution in [0.3, 0.4) is 0 Å². The predicted molar refractivity (Wildman–Crippen MR) is 88.6 cm³/mol. The molecule has 21 heavy (non-hydrogen) atoms. The molecule has 1 aromatic heterocycles. The van der Waals surface area contributed by atoms with Gasteiger partial charge in [-0.3, -0.25) is 11.3 Å². The second kappa shape index (κ2) is 6.26. The molecule has 3 aromatic rings. The van der Waals surface area contributed by atoms with E-state index in [4.69, 9.17) is 10.6 Å². The molecule has 0 aliphatic rings. The number of ether oxygens (including phenoxy) is 1. The fourth-order valence-corrected chi connectivity index (χ4v) is 3.52. The van der Waals surface area contributed by atoms with E-state index in [0.29, 0.717) is 0 Å². The van der Waals surface area contributed by atoms with Crippen LogP contribution in [-0.4, -0.2) is 7.11 Å². The van der Waals surface area contributed by atoms with Gasteiger partial charge in [-0.15, -0.1) is 11.3 Å². The average molecular weight is 298 g/mol. The Kier molecular flexibility index (Phi) is 4.20. The first-order valence-corrected chi connectivity index (χ1v) is 7.75. The first kappa shape index (κ1) is 14.1. The molecule has 1 heterocycles. The molecule has 0 aliphatic carbocycles. The lowest BCUT2D eigenvalue weighted by molar-refractivity contribution is 0.414. The highest BCUT2D eigenvalue weighted by atomic mass is 32.1. The van der Waals surface area contributed by atoms with Gasteiger partial charge >= 0.3 is 0 Å². The maximum atomic E-state index is 5.80. The first-order valence-electron chi connectivity index (χ1n) is 6.87. The van der Waals surface area contributed by atoms with Crippen molar-refractivity contribution in [3.05, 3.63) is 65.0 Å². The summed E-state index contributed by atoms with van der Waals surface area (Å²) in [6, 6.07) is 16.7. The number of hydrogen-bond donors (Lipinski definition) is 2. The van der Waals surface area contributed by atoms with Crippen LogP contribution in [0.5, 0.6) is 5.75 Å². The number of thiophene rings is 1. The van der Waals surface area contributed by atoms with Gasteiger partial charge in [0.25, 0.3) is 0 Å². The van der Waals surface area contributed by atoms with Crippen molar-refractivity contribution in [2.75, 3.05) is 7.11 Å². The Morgan fingerprint density at radius 1 is 1.14 bits per heavy atom. The summed E-state index contributed by atoms with van der Waals surface area (Å²) in [5.41, 5.74) is 5.43. The van der Waals surface area contributed by atoms with Crippen molar-refractivity contribution in [3.8, 4) is 5.75 Å². The third-order valence-corrected chi connectivity index (χ3v) is 4.66. The van der Waals surface area contributed by atoms with Gasteiger partial charge in [-0.2, -0.15) is 0 Å². The summed E-state index contributed by atoms with van der Waals surface area (Å²) in [7, 11) is 1.68. The van der Waals surface area contributed by atoms with E-state index in [9.17, 15) is 0 Å². The SMILES string of the molecule is COc1ccc(CC(NN)c2cccc3ccsc23)cc1. The molecule has 3 N–H and O–H groups in total. The van der Waals surface area contributed by atoms with Gasteiger partial charge < -0.3 is 4.74 Å². The lowest BCUT2D eigenvalue weighted by Gasteiger charge is -2.17. The minimum Gasteiger partial charge on any atom is -0.497 e. The molecule has 1 atom stereocenters. The molecule has 0 radical (unpaired) electrons. The minimum atomic E-state index is 0.0979. The van der Waals surface area contributed by atoms with E-state index in [2.05, 4.69) is 47.2 Å². The van der Waals surface area contributed by atoms with Gasteiger partial charge in [0.1, 0.15) is 5.75 Å². The Bertz CT molecular complexity index is 721. The second-order valence-electron chi connectivity index (χ2n) is 4.96. The summed E-state index contributed by atoms with van der Waals surface area (Å²) in [6.07, 6.45) is 0.845. The summed E-state index contributed by atoms with van der Waals surface area (Å²) < 4.78 is 6.49. The van der Waals surface area contributed by atoms with Crippen LogP contribution in [0.25, 0.3) is 10.1 Å². The summed E-state index contributed by atoms with van der Waals surface area (Å²) in [6.45, 7) is 0. The van der Waals surface area contributed by atoms with Gasteiger partial charge in [0.05, 0.1) is 13.2 Å². The lowest BCUT2D eigenvalue weighted by atomic mass is 9.98. The number of hydrogen-bond acceptors (Lipinski definition) is 4. The molecule has 1 unspecified atom stereocenters. The van der Waals surface area contributed by atoms with E-state index >= 15 is 0 Å². The number of fused-ring (bicyclic) bond motifs is 1. The van der Waals surface area contributed by atoms with Crippen molar-refractivity contribution in [2.24, 2.45) is 5.84 Å². The molecular formula is C17H18N2OS. The van der Waals surface area contributed by atoms with Crippen molar-refractivity contribution in [3.63, 3.8) is 0 Å². The van der Waals surface area contributed by atoms with E-state index in [-0.39, 0.29) is 6.04 Å². The monoisotopic (exact) mass is 298 g/mol. The van der Waals surface area contributed by atoms with Crippen molar-refractivity contribution in [2.45, 2.75) is 12.5 Å². The van der Waals surface area contributed by atoms with Crippen LogP contribution >= 0.6 is 11.3 Å². The molecule has 0 aliphatic heterocycles. The molecule has 2 aromatic carbocycles. The summed E-state index contributed by atoms with van der Waals surface area (Å²) in [4.78, 5) is 0. The highest BCUT2D eigenvalue weighted by molar-refractivity contribution is 7.17. The van der Waals surface area contributed by atoms with Crippen LogP contribution < -0.4 is 16.0 Å². The van der Waals surface area contributed by atoms with E-state index in [0.717, 1.165) is 12.2 Å². The Hall–Kier alpha value is -1.88. The highest BCUT2D eigenvalue weighted by Gasteiger charge is 2.14. The first-order chi connectivity index (χ1) is 10.3. The number of benzene rings is 2. The number of nitrogens with one attached hydrogen (secondary N) is 1. The fraction of sp³-hybridized carbons (Fsp3) is 0.176. The van der Waals surface area contributed by atoms with Crippen molar-refractivity contribution < 1.29 is 4.74 Å². The predicted octanol–water partition coefficient (Wildman–Crippen LogP) is 3.66. The molecule has 4 heteroatoms. The molecule has 3 rings (SSSR count). The zero-order valence-corrected chi connectivity index (χ0v) is 12.7. The molecule has 0 amide bonds. The molecule has 0 fully saturated rings. The quantitative estimate of drug-likeness (QED) is 0.558. The largest absolute Gasteiger partial charge is 0.497 e. The topological polar surface area (TPSA) is 47.3 Å². The third kappa shape index (κ3) is 2.93. The fourth-order valence-electron chi connectivity index (χ4n) is 2.55. The normalized spacial score (nSPS) is 12.5.